The molecule has 2 aromatic carbocycles. The first-order valence-electron chi connectivity index (χ1n) is 10.3. The Morgan fingerprint density at radius 2 is 1.03 bits per heavy atom. The monoisotopic (exact) mass is 604 g/mol. The lowest BCUT2D eigenvalue weighted by Crippen LogP contribution is -2.24. The van der Waals surface area contributed by atoms with Gasteiger partial charge in [-0.25, -0.2) is 34.7 Å². The lowest BCUT2D eigenvalue weighted by atomic mass is 10.3. The van der Waals surface area contributed by atoms with E-state index < -0.39 is 49.5 Å². The molecule has 0 amide bonds. The first-order chi connectivity index (χ1) is 17.4. The van der Waals surface area contributed by atoms with Crippen molar-refractivity contribution >= 4 is 53.1 Å². The van der Waals surface area contributed by atoms with Crippen molar-refractivity contribution in [2.75, 3.05) is 0 Å². The molecule has 0 aliphatic rings. The van der Waals surface area contributed by atoms with Crippen LogP contribution in [0.2, 0.25) is 10.0 Å². The number of halogens is 2. The van der Waals surface area contributed by atoms with Crippen LogP contribution in [0.15, 0.2) is 102 Å². The van der Waals surface area contributed by atoms with Crippen molar-refractivity contribution < 1.29 is 34.1 Å². The highest BCUT2D eigenvalue weighted by Gasteiger charge is 2.27. The molecule has 0 saturated carbocycles. The van der Waals surface area contributed by atoms with Crippen LogP contribution in [0.5, 0.6) is 0 Å². The molecule has 2 heterocycles. The fourth-order valence-corrected chi connectivity index (χ4v) is 7.66. The molecule has 15 heteroatoms. The van der Waals surface area contributed by atoms with Gasteiger partial charge in [-0.1, -0.05) is 23.2 Å². The first kappa shape index (κ1) is 27.4. The van der Waals surface area contributed by atoms with Gasteiger partial charge < -0.3 is 8.83 Å². The maximum absolute atomic E-state index is 13.4. The minimum Gasteiger partial charge on any atom is -0.468 e. The van der Waals surface area contributed by atoms with E-state index in [9.17, 15) is 25.3 Å². The highest BCUT2D eigenvalue weighted by Crippen LogP contribution is 2.31. The molecule has 0 spiro atoms. The number of sulfonamides is 2. The van der Waals surface area contributed by atoms with Crippen molar-refractivity contribution in [2.24, 2.45) is 0 Å². The normalized spacial score (nSPS) is 12.6. The molecule has 37 heavy (non-hydrogen) atoms. The van der Waals surface area contributed by atoms with E-state index in [0.29, 0.717) is 11.5 Å². The minimum absolute atomic E-state index is 0.188. The van der Waals surface area contributed by atoms with Crippen molar-refractivity contribution in [3.63, 3.8) is 0 Å². The van der Waals surface area contributed by atoms with Crippen LogP contribution >= 0.6 is 23.2 Å². The van der Waals surface area contributed by atoms with Gasteiger partial charge in [0.05, 0.1) is 45.5 Å². The molecule has 0 saturated heterocycles. The van der Waals surface area contributed by atoms with Crippen molar-refractivity contribution in [2.45, 2.75) is 32.7 Å². The summed E-state index contributed by atoms with van der Waals surface area (Å²) in [4.78, 5) is -1.82. The van der Waals surface area contributed by atoms with Gasteiger partial charge in [0.15, 0.2) is 0 Å². The number of furan rings is 2. The Kier molecular flexibility index (Phi) is 7.85. The van der Waals surface area contributed by atoms with Gasteiger partial charge in [0.2, 0.25) is 29.9 Å². The SMILES string of the molecule is O=S(=O)(NCc1ccco1)c1cc(S(=O)(=O)c2ccc(Cl)c(S(=O)(=O)NCc3ccco3)c2)ccc1Cl. The summed E-state index contributed by atoms with van der Waals surface area (Å²) in [5.74, 6) is 0.665. The fourth-order valence-electron chi connectivity index (χ4n) is 3.16. The van der Waals surface area contributed by atoms with Crippen molar-refractivity contribution in [3.05, 3.63) is 94.8 Å². The number of rotatable bonds is 10. The Balaban J connectivity index is 1.66. The van der Waals surface area contributed by atoms with Crippen molar-refractivity contribution in [3.8, 4) is 0 Å². The van der Waals surface area contributed by atoms with E-state index in [1.54, 1.807) is 24.3 Å². The number of sulfone groups is 1. The van der Waals surface area contributed by atoms with E-state index in [4.69, 9.17) is 32.0 Å². The van der Waals surface area contributed by atoms with Gasteiger partial charge in [-0.2, -0.15) is 0 Å². The third-order valence-corrected chi connectivity index (χ3v) is 10.6. The molecule has 10 nitrogen and oxygen atoms in total. The van der Waals surface area contributed by atoms with Crippen LogP contribution in [0, 0.1) is 0 Å². The second-order valence-corrected chi connectivity index (χ2v) is 13.7. The smallest absolute Gasteiger partial charge is 0.242 e. The van der Waals surface area contributed by atoms with E-state index in [1.165, 1.54) is 12.5 Å². The zero-order valence-corrected chi connectivity index (χ0v) is 22.6. The van der Waals surface area contributed by atoms with Crippen molar-refractivity contribution in [1.82, 2.24) is 9.44 Å². The number of hydrogen-bond acceptors (Lipinski definition) is 8. The molecular weight excluding hydrogens is 587 g/mol. The summed E-state index contributed by atoms with van der Waals surface area (Å²) < 4.78 is 92.7. The molecule has 2 N–H and O–H groups in total. The zero-order chi connectivity index (χ0) is 26.8. The van der Waals surface area contributed by atoms with Gasteiger partial charge >= 0.3 is 0 Å². The summed E-state index contributed by atoms with van der Waals surface area (Å²) in [6, 6.07) is 12.5. The predicted octanol–water partition coefficient (Wildman–Crippen LogP) is 3.97. The van der Waals surface area contributed by atoms with Crippen LogP contribution in [0.25, 0.3) is 0 Å². The van der Waals surface area contributed by atoms with E-state index in [1.807, 2.05) is 0 Å². The van der Waals surface area contributed by atoms with Gasteiger partial charge in [-0.3, -0.25) is 0 Å². The lowest BCUT2D eigenvalue weighted by Gasteiger charge is -2.12. The quantitative estimate of drug-likeness (QED) is 0.276. The van der Waals surface area contributed by atoms with Crippen LogP contribution in [0.4, 0.5) is 0 Å². The third kappa shape index (κ3) is 6.09. The number of benzene rings is 2. The van der Waals surface area contributed by atoms with Gasteiger partial charge in [0.25, 0.3) is 0 Å². The van der Waals surface area contributed by atoms with E-state index in [2.05, 4.69) is 9.44 Å². The molecule has 0 fully saturated rings. The molecule has 196 valence electrons. The lowest BCUT2D eigenvalue weighted by molar-refractivity contribution is 0.498. The van der Waals surface area contributed by atoms with Gasteiger partial charge in [-0.15, -0.1) is 0 Å². The molecule has 0 radical (unpaired) electrons. The average Bonchev–Trinajstić information content (AvgIpc) is 3.56. The zero-order valence-electron chi connectivity index (χ0n) is 18.6. The third-order valence-electron chi connectivity index (χ3n) is 5.04. The van der Waals surface area contributed by atoms with E-state index in [-0.39, 0.29) is 23.1 Å². The summed E-state index contributed by atoms with van der Waals surface area (Å²) >= 11 is 12.1. The second kappa shape index (κ2) is 10.6. The van der Waals surface area contributed by atoms with Crippen molar-refractivity contribution in [1.29, 1.82) is 0 Å². The molecule has 0 atom stereocenters. The maximum atomic E-state index is 13.4. The summed E-state index contributed by atoms with van der Waals surface area (Å²) in [5.41, 5.74) is 0. The van der Waals surface area contributed by atoms with Gasteiger partial charge in [0, 0.05) is 0 Å². The summed E-state index contributed by atoms with van der Waals surface area (Å²) in [6.07, 6.45) is 2.74. The Morgan fingerprint density at radius 1 is 0.622 bits per heavy atom. The standard InChI is InChI=1S/C22H18Cl2N2O8S3/c23-19-7-5-17(11-21(19)36(29,30)25-13-15-3-1-9-33-15)35(27,28)18-6-8-20(24)22(12-18)37(31,32)26-14-16-4-2-10-34-16/h1-12,25-26H,13-14H2. The van der Waals surface area contributed by atoms with Crippen LogP contribution in [-0.2, 0) is 43.0 Å². The Morgan fingerprint density at radius 3 is 1.38 bits per heavy atom. The molecule has 0 aliphatic heterocycles. The highest BCUT2D eigenvalue weighted by molar-refractivity contribution is 7.92. The topological polar surface area (TPSA) is 153 Å². The largest absolute Gasteiger partial charge is 0.468 e. The number of nitrogens with one attached hydrogen (secondary N) is 2. The average molecular weight is 605 g/mol. The molecule has 0 aliphatic carbocycles. The van der Waals surface area contributed by atoms with E-state index in [0.717, 1.165) is 36.4 Å². The highest BCUT2D eigenvalue weighted by atomic mass is 35.5. The summed E-state index contributed by atoms with van der Waals surface area (Å²) in [5, 5.41) is -0.431. The van der Waals surface area contributed by atoms with Crippen LogP contribution in [-0.4, -0.2) is 25.3 Å². The molecule has 4 aromatic rings. The Bertz CT molecular complexity index is 1610. The molecule has 0 bridgehead atoms. The van der Waals surface area contributed by atoms with Gasteiger partial charge in [0.1, 0.15) is 21.3 Å². The molecule has 2 aromatic heterocycles. The van der Waals surface area contributed by atoms with Crippen LogP contribution in [0.1, 0.15) is 11.5 Å². The molecule has 0 unspecified atom stereocenters. The first-order valence-corrected chi connectivity index (χ1v) is 15.5. The Hall–Kier alpha value is -2.65. The summed E-state index contributed by atoms with van der Waals surface area (Å²) in [6.45, 7) is -0.377. The maximum Gasteiger partial charge on any atom is 0.242 e. The number of hydrogen-bond donors (Lipinski definition) is 2. The predicted molar refractivity (Wildman–Crippen MR) is 134 cm³/mol. The fraction of sp³-hybridized carbons (Fsp3) is 0.0909. The van der Waals surface area contributed by atoms with Crippen LogP contribution < -0.4 is 9.44 Å². The minimum atomic E-state index is -4.39. The summed E-state index contributed by atoms with van der Waals surface area (Å²) in [7, 11) is -12.9. The Labute approximate surface area is 223 Å². The van der Waals surface area contributed by atoms with Gasteiger partial charge in [-0.05, 0) is 60.7 Å². The molecular formula is C22H18Cl2N2O8S3. The van der Waals surface area contributed by atoms with Crippen LogP contribution in [0.3, 0.4) is 0 Å². The van der Waals surface area contributed by atoms with E-state index >= 15 is 0 Å². The molecule has 4 rings (SSSR count). The second-order valence-electron chi connectivity index (χ2n) is 7.50.